The lowest BCUT2D eigenvalue weighted by atomic mass is 10.2. The quantitative estimate of drug-likeness (QED) is 0.425. The van der Waals surface area contributed by atoms with E-state index in [4.69, 9.17) is 16.3 Å². The summed E-state index contributed by atoms with van der Waals surface area (Å²) < 4.78 is 5.98. The first-order valence-corrected chi connectivity index (χ1v) is 9.05. The number of hydrazone groups is 1. The molecule has 0 aliphatic carbocycles. The number of rotatable bonds is 5. The number of ether oxygens (including phenoxy) is 1. The van der Waals surface area contributed by atoms with Crippen LogP contribution < -0.4 is 10.2 Å². The van der Waals surface area contributed by atoms with Gasteiger partial charge in [0.05, 0.1) is 28.5 Å². The minimum absolute atomic E-state index is 0.522. The molecule has 1 heterocycles. The van der Waals surface area contributed by atoms with E-state index in [1.165, 1.54) is 11.3 Å². The Morgan fingerprint density at radius 2 is 2.08 bits per heavy atom. The predicted molar refractivity (Wildman–Crippen MR) is 104 cm³/mol. The van der Waals surface area contributed by atoms with Gasteiger partial charge in [-0.2, -0.15) is 5.10 Å². The Morgan fingerprint density at radius 1 is 1.29 bits per heavy atom. The summed E-state index contributed by atoms with van der Waals surface area (Å²) >= 11 is 11.1. The van der Waals surface area contributed by atoms with E-state index in [9.17, 15) is 0 Å². The molecular formula is C17H13BrClN3OS. The zero-order chi connectivity index (χ0) is 16.9. The van der Waals surface area contributed by atoms with E-state index in [1.807, 2.05) is 41.8 Å². The Morgan fingerprint density at radius 3 is 2.79 bits per heavy atom. The van der Waals surface area contributed by atoms with Crippen LogP contribution in [0, 0.1) is 0 Å². The lowest BCUT2D eigenvalue weighted by Crippen LogP contribution is -1.92. The normalized spacial score (nSPS) is 11.0. The van der Waals surface area contributed by atoms with E-state index >= 15 is 0 Å². The fraction of sp³-hybridized carbons (Fsp3) is 0.0588. The van der Waals surface area contributed by atoms with E-state index in [1.54, 1.807) is 19.4 Å². The number of benzene rings is 2. The predicted octanol–water partition coefficient (Wildman–Crippen LogP) is 5.68. The Balaban J connectivity index is 1.70. The Kier molecular flexibility index (Phi) is 5.50. The third kappa shape index (κ3) is 3.95. The van der Waals surface area contributed by atoms with Crippen LogP contribution in [0.25, 0.3) is 11.3 Å². The molecule has 0 radical (unpaired) electrons. The molecule has 0 fully saturated rings. The SMILES string of the molecule is COc1c(Cl)cc(C=NNc2nc(-c3ccccc3)cs2)cc1Br. The number of halogens is 2. The molecule has 7 heteroatoms. The van der Waals surface area contributed by atoms with Crippen molar-refractivity contribution in [1.29, 1.82) is 0 Å². The fourth-order valence-electron chi connectivity index (χ4n) is 2.08. The van der Waals surface area contributed by atoms with Crippen LogP contribution >= 0.6 is 38.9 Å². The maximum Gasteiger partial charge on any atom is 0.203 e. The van der Waals surface area contributed by atoms with Crippen molar-refractivity contribution < 1.29 is 4.74 Å². The van der Waals surface area contributed by atoms with Crippen LogP contribution in [0.5, 0.6) is 5.75 Å². The molecule has 0 spiro atoms. The van der Waals surface area contributed by atoms with Crippen molar-refractivity contribution in [2.24, 2.45) is 5.10 Å². The number of hydrogen-bond acceptors (Lipinski definition) is 5. The van der Waals surface area contributed by atoms with Crippen LogP contribution in [-0.2, 0) is 0 Å². The van der Waals surface area contributed by atoms with Crippen LogP contribution in [0.4, 0.5) is 5.13 Å². The number of anilines is 1. The fourth-order valence-corrected chi connectivity index (χ4v) is 3.81. The summed E-state index contributed by atoms with van der Waals surface area (Å²) in [6.45, 7) is 0. The van der Waals surface area contributed by atoms with Gasteiger partial charge in [0.25, 0.3) is 0 Å². The minimum atomic E-state index is 0.522. The lowest BCUT2D eigenvalue weighted by Gasteiger charge is -2.06. The molecule has 3 aromatic rings. The number of hydrogen-bond donors (Lipinski definition) is 1. The monoisotopic (exact) mass is 421 g/mol. The number of thiazole rings is 1. The molecule has 0 aliphatic rings. The molecule has 0 saturated carbocycles. The van der Waals surface area contributed by atoms with Crippen molar-refractivity contribution in [3.63, 3.8) is 0 Å². The van der Waals surface area contributed by atoms with Crippen molar-refractivity contribution in [1.82, 2.24) is 4.98 Å². The zero-order valence-electron chi connectivity index (χ0n) is 12.7. The molecule has 0 bridgehead atoms. The molecule has 2 aromatic carbocycles. The molecule has 1 aromatic heterocycles. The van der Waals surface area contributed by atoms with Gasteiger partial charge >= 0.3 is 0 Å². The topological polar surface area (TPSA) is 46.5 Å². The molecule has 0 aliphatic heterocycles. The second-order valence-electron chi connectivity index (χ2n) is 4.79. The van der Waals surface area contributed by atoms with Gasteiger partial charge in [-0.05, 0) is 33.6 Å². The highest BCUT2D eigenvalue weighted by Crippen LogP contribution is 2.33. The van der Waals surface area contributed by atoms with Crippen LogP contribution in [0.1, 0.15) is 5.56 Å². The average Bonchev–Trinajstić information content (AvgIpc) is 3.04. The van der Waals surface area contributed by atoms with Crippen LogP contribution in [0.15, 0.2) is 57.4 Å². The summed E-state index contributed by atoms with van der Waals surface area (Å²) in [7, 11) is 1.58. The molecule has 24 heavy (non-hydrogen) atoms. The molecule has 0 unspecified atom stereocenters. The van der Waals surface area contributed by atoms with Crippen LogP contribution in [0.2, 0.25) is 5.02 Å². The Labute approximate surface area is 157 Å². The van der Waals surface area contributed by atoms with Gasteiger partial charge in [-0.1, -0.05) is 41.9 Å². The van der Waals surface area contributed by atoms with Crippen molar-refractivity contribution in [2.75, 3.05) is 12.5 Å². The third-order valence-electron chi connectivity index (χ3n) is 3.17. The summed E-state index contributed by atoms with van der Waals surface area (Å²) in [6.07, 6.45) is 1.68. The second kappa shape index (κ2) is 7.79. The van der Waals surface area contributed by atoms with Gasteiger partial charge in [0.2, 0.25) is 5.13 Å². The zero-order valence-corrected chi connectivity index (χ0v) is 15.8. The minimum Gasteiger partial charge on any atom is -0.494 e. The Hall–Kier alpha value is -1.89. The first-order valence-electron chi connectivity index (χ1n) is 7.00. The number of nitrogens with one attached hydrogen (secondary N) is 1. The smallest absolute Gasteiger partial charge is 0.203 e. The summed E-state index contributed by atoms with van der Waals surface area (Å²) in [5.41, 5.74) is 5.79. The Bertz CT molecular complexity index is 844. The van der Waals surface area contributed by atoms with E-state index in [-0.39, 0.29) is 0 Å². The van der Waals surface area contributed by atoms with Crippen LogP contribution in [0.3, 0.4) is 0 Å². The van der Waals surface area contributed by atoms with Crippen molar-refractivity contribution in [3.8, 4) is 17.0 Å². The molecule has 4 nitrogen and oxygen atoms in total. The van der Waals surface area contributed by atoms with Crippen molar-refractivity contribution >= 4 is 50.2 Å². The molecular weight excluding hydrogens is 410 g/mol. The van der Waals surface area contributed by atoms with Gasteiger partial charge in [-0.15, -0.1) is 11.3 Å². The van der Waals surface area contributed by atoms with Gasteiger partial charge < -0.3 is 4.74 Å². The first-order chi connectivity index (χ1) is 11.7. The number of nitrogens with zero attached hydrogens (tertiary/aromatic N) is 2. The van der Waals surface area contributed by atoms with Gasteiger partial charge in [-0.3, -0.25) is 5.43 Å². The lowest BCUT2D eigenvalue weighted by molar-refractivity contribution is 0.412. The summed E-state index contributed by atoms with van der Waals surface area (Å²) in [5.74, 6) is 0.606. The number of aromatic nitrogens is 1. The van der Waals surface area contributed by atoms with E-state index < -0.39 is 0 Å². The van der Waals surface area contributed by atoms with Gasteiger partial charge in [-0.25, -0.2) is 4.98 Å². The van der Waals surface area contributed by atoms with Crippen molar-refractivity contribution in [3.05, 3.63) is 62.9 Å². The van der Waals surface area contributed by atoms with E-state index in [0.29, 0.717) is 10.8 Å². The maximum absolute atomic E-state index is 6.15. The summed E-state index contributed by atoms with van der Waals surface area (Å²) in [6, 6.07) is 13.7. The van der Waals surface area contributed by atoms with Gasteiger partial charge in [0.15, 0.2) is 5.75 Å². The first kappa shape index (κ1) is 17.0. The molecule has 0 atom stereocenters. The molecule has 1 N–H and O–H groups in total. The molecule has 122 valence electrons. The largest absolute Gasteiger partial charge is 0.494 e. The third-order valence-corrected chi connectivity index (χ3v) is 4.79. The van der Waals surface area contributed by atoms with Crippen LogP contribution in [-0.4, -0.2) is 18.3 Å². The second-order valence-corrected chi connectivity index (χ2v) is 6.91. The van der Waals surface area contributed by atoms with E-state index in [2.05, 4.69) is 31.4 Å². The standard InChI is InChI=1S/C17H13BrClN3OS/c1-23-16-13(18)7-11(8-14(16)19)9-20-22-17-21-15(10-24-17)12-5-3-2-4-6-12/h2-10H,1H3,(H,21,22). The summed E-state index contributed by atoms with van der Waals surface area (Å²) in [5, 5.41) is 7.45. The van der Waals surface area contributed by atoms with Gasteiger partial charge in [0.1, 0.15) is 0 Å². The summed E-state index contributed by atoms with van der Waals surface area (Å²) in [4.78, 5) is 4.51. The molecule has 3 rings (SSSR count). The highest BCUT2D eigenvalue weighted by atomic mass is 79.9. The average molecular weight is 423 g/mol. The van der Waals surface area contributed by atoms with Gasteiger partial charge in [0, 0.05) is 10.9 Å². The number of methoxy groups -OCH3 is 1. The highest BCUT2D eigenvalue weighted by molar-refractivity contribution is 9.10. The molecule has 0 amide bonds. The van der Waals surface area contributed by atoms with Crippen molar-refractivity contribution in [2.45, 2.75) is 0 Å². The highest BCUT2D eigenvalue weighted by Gasteiger charge is 2.07. The molecule has 0 saturated heterocycles. The maximum atomic E-state index is 6.15. The van der Waals surface area contributed by atoms with E-state index in [0.717, 1.165) is 26.4 Å².